The second-order valence-electron chi connectivity index (χ2n) is 3.85. The van der Waals surface area contributed by atoms with Crippen LogP contribution in [-0.4, -0.2) is 28.3 Å². The normalized spacial score (nSPS) is 12.1. The summed E-state index contributed by atoms with van der Waals surface area (Å²) in [6.45, 7) is 7.47. The van der Waals surface area contributed by atoms with Gasteiger partial charge < -0.3 is 11.1 Å². The largest absolute Gasteiger partial charge is 0.370 e. The first kappa shape index (κ1) is 11.6. The Morgan fingerprint density at radius 3 is 2.93 bits per heavy atom. The molecule has 0 aliphatic carbocycles. The lowest BCUT2D eigenvalue weighted by Crippen LogP contribution is -2.37. The van der Waals surface area contributed by atoms with Gasteiger partial charge in [-0.15, -0.1) is 0 Å². The molecule has 0 saturated heterocycles. The third kappa shape index (κ3) is 4.49. The summed E-state index contributed by atoms with van der Waals surface area (Å²) in [5, 5.41) is 7.19. The molecule has 84 valence electrons. The number of nitrogens with two attached hydrogens (primary N) is 1. The SMILES string of the molecule is Cc1cnn(CCN=C(N)NC(C)C)c1. The number of nitrogens with one attached hydrogen (secondary N) is 1. The molecular formula is C10H19N5. The minimum atomic E-state index is 0.320. The second-order valence-corrected chi connectivity index (χ2v) is 3.85. The Morgan fingerprint density at radius 2 is 2.40 bits per heavy atom. The number of aryl methyl sites for hydroxylation is 1. The van der Waals surface area contributed by atoms with Gasteiger partial charge in [-0.2, -0.15) is 5.10 Å². The van der Waals surface area contributed by atoms with Crippen molar-refractivity contribution in [2.24, 2.45) is 10.7 Å². The fourth-order valence-electron chi connectivity index (χ4n) is 1.20. The van der Waals surface area contributed by atoms with Crippen LogP contribution in [0.5, 0.6) is 0 Å². The molecule has 0 atom stereocenters. The van der Waals surface area contributed by atoms with Crippen LogP contribution in [0.3, 0.4) is 0 Å². The van der Waals surface area contributed by atoms with Gasteiger partial charge in [-0.05, 0) is 26.3 Å². The Kier molecular flexibility index (Phi) is 4.15. The molecule has 0 radical (unpaired) electrons. The van der Waals surface area contributed by atoms with Crippen molar-refractivity contribution in [3.63, 3.8) is 0 Å². The monoisotopic (exact) mass is 209 g/mol. The molecule has 0 bridgehead atoms. The van der Waals surface area contributed by atoms with Gasteiger partial charge in [-0.1, -0.05) is 0 Å². The van der Waals surface area contributed by atoms with Crippen molar-refractivity contribution in [1.29, 1.82) is 0 Å². The van der Waals surface area contributed by atoms with Crippen molar-refractivity contribution >= 4 is 5.96 Å². The third-order valence-electron chi connectivity index (χ3n) is 1.81. The summed E-state index contributed by atoms with van der Waals surface area (Å²) in [7, 11) is 0. The Labute approximate surface area is 90.4 Å². The Bertz CT molecular complexity index is 326. The molecule has 0 aliphatic rings. The van der Waals surface area contributed by atoms with E-state index in [1.807, 2.05) is 37.8 Å². The predicted octanol–water partition coefficient (Wildman–Crippen LogP) is 0.504. The van der Waals surface area contributed by atoms with Gasteiger partial charge in [0, 0.05) is 12.2 Å². The van der Waals surface area contributed by atoms with Crippen LogP contribution in [-0.2, 0) is 6.54 Å². The molecule has 3 N–H and O–H groups in total. The highest BCUT2D eigenvalue weighted by atomic mass is 15.3. The van der Waals surface area contributed by atoms with Crippen molar-refractivity contribution in [3.8, 4) is 0 Å². The van der Waals surface area contributed by atoms with Gasteiger partial charge in [0.15, 0.2) is 5.96 Å². The number of aliphatic imine (C=N–C) groups is 1. The van der Waals surface area contributed by atoms with Gasteiger partial charge in [0.1, 0.15) is 0 Å². The first-order valence-electron chi connectivity index (χ1n) is 5.13. The van der Waals surface area contributed by atoms with Crippen molar-refractivity contribution < 1.29 is 0 Å². The maximum absolute atomic E-state index is 5.65. The predicted molar refractivity (Wildman–Crippen MR) is 61.7 cm³/mol. The average Bonchev–Trinajstić information content (AvgIpc) is 2.50. The quantitative estimate of drug-likeness (QED) is 0.560. The van der Waals surface area contributed by atoms with Crippen LogP contribution < -0.4 is 11.1 Å². The number of aromatic nitrogens is 2. The summed E-state index contributed by atoms with van der Waals surface area (Å²) in [6.07, 6.45) is 3.82. The Hall–Kier alpha value is -1.52. The van der Waals surface area contributed by atoms with Gasteiger partial charge in [0.2, 0.25) is 0 Å². The summed E-state index contributed by atoms with van der Waals surface area (Å²) in [4.78, 5) is 4.19. The second kappa shape index (κ2) is 5.38. The van der Waals surface area contributed by atoms with Crippen LogP contribution in [0.1, 0.15) is 19.4 Å². The van der Waals surface area contributed by atoms with E-state index in [1.54, 1.807) is 0 Å². The fourth-order valence-corrected chi connectivity index (χ4v) is 1.20. The topological polar surface area (TPSA) is 68.2 Å². The minimum Gasteiger partial charge on any atom is -0.370 e. The lowest BCUT2D eigenvalue weighted by molar-refractivity contribution is 0.621. The molecule has 1 heterocycles. The smallest absolute Gasteiger partial charge is 0.188 e. The molecule has 1 aromatic rings. The van der Waals surface area contributed by atoms with E-state index in [4.69, 9.17) is 5.73 Å². The van der Waals surface area contributed by atoms with E-state index in [9.17, 15) is 0 Å². The summed E-state index contributed by atoms with van der Waals surface area (Å²) in [5.74, 6) is 0.494. The number of nitrogens with zero attached hydrogens (tertiary/aromatic N) is 3. The Balaban J connectivity index is 2.32. The number of rotatable bonds is 4. The Morgan fingerprint density at radius 1 is 1.67 bits per heavy atom. The van der Waals surface area contributed by atoms with Gasteiger partial charge in [0.25, 0.3) is 0 Å². The summed E-state index contributed by atoms with van der Waals surface area (Å²) < 4.78 is 1.86. The fraction of sp³-hybridized carbons (Fsp3) is 0.600. The van der Waals surface area contributed by atoms with Crippen LogP contribution in [0, 0.1) is 6.92 Å². The van der Waals surface area contributed by atoms with Crippen LogP contribution in [0.2, 0.25) is 0 Å². The average molecular weight is 209 g/mol. The number of hydrogen-bond donors (Lipinski definition) is 2. The first-order valence-corrected chi connectivity index (χ1v) is 5.13. The van der Waals surface area contributed by atoms with Crippen molar-refractivity contribution in [2.75, 3.05) is 6.54 Å². The van der Waals surface area contributed by atoms with E-state index >= 15 is 0 Å². The molecule has 0 aliphatic heterocycles. The molecule has 0 spiro atoms. The number of guanidine groups is 1. The van der Waals surface area contributed by atoms with E-state index in [-0.39, 0.29) is 0 Å². The molecule has 0 fully saturated rings. The van der Waals surface area contributed by atoms with E-state index in [0.717, 1.165) is 12.1 Å². The van der Waals surface area contributed by atoms with Crippen LogP contribution >= 0.6 is 0 Å². The van der Waals surface area contributed by atoms with E-state index in [0.29, 0.717) is 18.5 Å². The molecule has 15 heavy (non-hydrogen) atoms. The summed E-state index contributed by atoms with van der Waals surface area (Å²) in [6, 6.07) is 0.320. The number of hydrogen-bond acceptors (Lipinski definition) is 2. The van der Waals surface area contributed by atoms with Gasteiger partial charge in [-0.25, -0.2) is 0 Å². The molecule has 0 amide bonds. The lowest BCUT2D eigenvalue weighted by Gasteiger charge is -2.08. The minimum absolute atomic E-state index is 0.320. The zero-order valence-electron chi connectivity index (χ0n) is 9.57. The molecule has 5 nitrogen and oxygen atoms in total. The molecule has 0 saturated carbocycles. The van der Waals surface area contributed by atoms with E-state index in [1.165, 1.54) is 0 Å². The first-order chi connectivity index (χ1) is 7.08. The summed E-state index contributed by atoms with van der Waals surface area (Å²) >= 11 is 0. The van der Waals surface area contributed by atoms with Crippen LogP contribution in [0.15, 0.2) is 17.4 Å². The van der Waals surface area contributed by atoms with E-state index < -0.39 is 0 Å². The molecule has 1 rings (SSSR count). The van der Waals surface area contributed by atoms with Gasteiger partial charge in [-0.3, -0.25) is 9.67 Å². The molecule has 1 aromatic heterocycles. The van der Waals surface area contributed by atoms with Crippen molar-refractivity contribution in [3.05, 3.63) is 18.0 Å². The zero-order valence-corrected chi connectivity index (χ0v) is 9.57. The standard InChI is InChI=1S/C10H19N5/c1-8(2)14-10(11)12-4-5-15-7-9(3)6-13-15/h6-8H,4-5H2,1-3H3,(H3,11,12,14). The third-order valence-corrected chi connectivity index (χ3v) is 1.81. The van der Waals surface area contributed by atoms with Crippen LogP contribution in [0.4, 0.5) is 0 Å². The maximum Gasteiger partial charge on any atom is 0.188 e. The van der Waals surface area contributed by atoms with E-state index in [2.05, 4.69) is 15.4 Å². The van der Waals surface area contributed by atoms with Gasteiger partial charge in [0.05, 0.1) is 19.3 Å². The summed E-state index contributed by atoms with van der Waals surface area (Å²) in [5.41, 5.74) is 6.81. The highest BCUT2D eigenvalue weighted by molar-refractivity contribution is 5.77. The maximum atomic E-state index is 5.65. The zero-order chi connectivity index (χ0) is 11.3. The van der Waals surface area contributed by atoms with Crippen LogP contribution in [0.25, 0.3) is 0 Å². The molecule has 0 aromatic carbocycles. The molecule has 5 heteroatoms. The van der Waals surface area contributed by atoms with Crippen molar-refractivity contribution in [2.45, 2.75) is 33.4 Å². The highest BCUT2D eigenvalue weighted by Crippen LogP contribution is 1.93. The lowest BCUT2D eigenvalue weighted by atomic mass is 10.4. The van der Waals surface area contributed by atoms with Crippen molar-refractivity contribution in [1.82, 2.24) is 15.1 Å². The van der Waals surface area contributed by atoms with Gasteiger partial charge >= 0.3 is 0 Å². The highest BCUT2D eigenvalue weighted by Gasteiger charge is 1.95. The molecule has 0 unspecified atom stereocenters. The molecular weight excluding hydrogens is 190 g/mol.